The van der Waals surface area contributed by atoms with Crippen molar-refractivity contribution in [2.75, 3.05) is 18.9 Å². The fourth-order valence-electron chi connectivity index (χ4n) is 2.26. The van der Waals surface area contributed by atoms with Crippen molar-refractivity contribution < 1.29 is 18.1 Å². The quantitative estimate of drug-likeness (QED) is 0.472. The van der Waals surface area contributed by atoms with E-state index in [-0.39, 0.29) is 22.5 Å². The molecule has 0 bridgehead atoms. The van der Waals surface area contributed by atoms with Crippen molar-refractivity contribution in [3.63, 3.8) is 0 Å². The van der Waals surface area contributed by atoms with Gasteiger partial charge < -0.3 is 10.5 Å². The number of nitrogen functional groups attached to an aromatic ring is 1. The number of anilines is 1. The SMILES string of the molecule is CC(NS(=O)(=O)c1ccc(N)cc1[N+](=O)[O-])C1CCOC1. The van der Waals surface area contributed by atoms with Gasteiger partial charge in [0.2, 0.25) is 10.0 Å². The summed E-state index contributed by atoms with van der Waals surface area (Å²) in [6.07, 6.45) is 0.757. The normalized spacial score (nSPS) is 20.3. The van der Waals surface area contributed by atoms with Crippen molar-refractivity contribution >= 4 is 21.4 Å². The zero-order chi connectivity index (χ0) is 15.6. The Kier molecular flexibility index (Phi) is 4.45. The topological polar surface area (TPSA) is 125 Å². The highest BCUT2D eigenvalue weighted by Crippen LogP contribution is 2.27. The zero-order valence-corrected chi connectivity index (χ0v) is 12.3. The highest BCUT2D eigenvalue weighted by atomic mass is 32.2. The van der Waals surface area contributed by atoms with Crippen LogP contribution in [0.25, 0.3) is 0 Å². The molecule has 0 radical (unpaired) electrons. The monoisotopic (exact) mass is 315 g/mol. The minimum absolute atomic E-state index is 0.0626. The van der Waals surface area contributed by atoms with Gasteiger partial charge in [-0.2, -0.15) is 0 Å². The van der Waals surface area contributed by atoms with Crippen LogP contribution in [0.15, 0.2) is 23.1 Å². The summed E-state index contributed by atoms with van der Waals surface area (Å²) >= 11 is 0. The van der Waals surface area contributed by atoms with Crippen LogP contribution in [0.2, 0.25) is 0 Å². The second-order valence-electron chi connectivity index (χ2n) is 5.02. The van der Waals surface area contributed by atoms with Crippen LogP contribution in [-0.4, -0.2) is 32.6 Å². The Bertz CT molecular complexity index is 640. The van der Waals surface area contributed by atoms with Crippen molar-refractivity contribution in [1.82, 2.24) is 4.72 Å². The van der Waals surface area contributed by atoms with E-state index in [0.29, 0.717) is 13.2 Å². The average molecular weight is 315 g/mol. The molecule has 8 nitrogen and oxygen atoms in total. The first-order valence-electron chi connectivity index (χ1n) is 6.45. The molecule has 2 unspecified atom stereocenters. The molecule has 116 valence electrons. The summed E-state index contributed by atoms with van der Waals surface area (Å²) < 4.78 is 32.4. The second-order valence-corrected chi connectivity index (χ2v) is 6.70. The fraction of sp³-hybridized carbons (Fsp3) is 0.500. The first-order valence-corrected chi connectivity index (χ1v) is 7.93. The molecule has 1 fully saturated rings. The van der Waals surface area contributed by atoms with E-state index in [1.165, 1.54) is 6.07 Å². The van der Waals surface area contributed by atoms with E-state index in [9.17, 15) is 18.5 Å². The molecule has 9 heteroatoms. The lowest BCUT2D eigenvalue weighted by Gasteiger charge is -2.19. The third kappa shape index (κ3) is 3.49. The molecule has 1 aromatic carbocycles. The first-order chi connectivity index (χ1) is 9.81. The van der Waals surface area contributed by atoms with Crippen LogP contribution >= 0.6 is 0 Å². The summed E-state index contributed by atoms with van der Waals surface area (Å²) in [5, 5.41) is 11.0. The Balaban J connectivity index is 2.29. The standard InChI is InChI=1S/C12H17N3O5S/c1-8(9-4-5-20-7-9)14-21(18,19)12-3-2-10(13)6-11(12)15(16)17/h2-3,6,8-9,14H,4-5,7,13H2,1H3. The Morgan fingerprint density at radius 1 is 1.52 bits per heavy atom. The van der Waals surface area contributed by atoms with E-state index in [4.69, 9.17) is 10.5 Å². The van der Waals surface area contributed by atoms with Crippen LogP contribution in [0, 0.1) is 16.0 Å². The highest BCUT2D eigenvalue weighted by Gasteiger charge is 2.31. The summed E-state index contributed by atoms with van der Waals surface area (Å²) in [7, 11) is -3.99. The number of nitro groups is 1. The summed E-state index contributed by atoms with van der Waals surface area (Å²) in [6.45, 7) is 2.80. The smallest absolute Gasteiger partial charge is 0.291 e. The summed E-state index contributed by atoms with van der Waals surface area (Å²) in [6, 6.07) is 3.14. The van der Waals surface area contributed by atoms with Gasteiger partial charge in [-0.25, -0.2) is 13.1 Å². The molecule has 0 spiro atoms. The molecule has 0 aromatic heterocycles. The van der Waals surface area contributed by atoms with Crippen molar-refractivity contribution in [3.8, 4) is 0 Å². The minimum atomic E-state index is -3.99. The maximum absolute atomic E-state index is 12.3. The number of nitrogens with two attached hydrogens (primary N) is 1. The molecular formula is C12H17N3O5S. The van der Waals surface area contributed by atoms with Gasteiger partial charge in [-0.15, -0.1) is 0 Å². The van der Waals surface area contributed by atoms with Gasteiger partial charge in [0.15, 0.2) is 4.90 Å². The number of benzene rings is 1. The Morgan fingerprint density at radius 2 is 2.24 bits per heavy atom. The van der Waals surface area contributed by atoms with Gasteiger partial charge in [-0.05, 0) is 25.5 Å². The van der Waals surface area contributed by atoms with Crippen LogP contribution in [0.4, 0.5) is 11.4 Å². The van der Waals surface area contributed by atoms with Gasteiger partial charge in [-0.1, -0.05) is 0 Å². The molecule has 1 saturated heterocycles. The molecule has 0 amide bonds. The number of nitrogens with one attached hydrogen (secondary N) is 1. The number of nitrogens with zero attached hydrogens (tertiary/aromatic N) is 1. The Morgan fingerprint density at radius 3 is 2.81 bits per heavy atom. The molecule has 1 heterocycles. The predicted molar refractivity (Wildman–Crippen MR) is 76.2 cm³/mol. The van der Waals surface area contributed by atoms with E-state index in [0.717, 1.165) is 18.6 Å². The molecule has 1 aliphatic heterocycles. The molecule has 1 aliphatic rings. The number of sulfonamides is 1. The first kappa shape index (κ1) is 15.7. The van der Waals surface area contributed by atoms with Crippen LogP contribution in [0.1, 0.15) is 13.3 Å². The average Bonchev–Trinajstić information content (AvgIpc) is 2.91. The van der Waals surface area contributed by atoms with Crippen LogP contribution in [0.3, 0.4) is 0 Å². The van der Waals surface area contributed by atoms with Crippen molar-refractivity contribution in [1.29, 1.82) is 0 Å². The molecule has 2 rings (SSSR count). The minimum Gasteiger partial charge on any atom is -0.399 e. The number of ether oxygens (including phenoxy) is 1. The van der Waals surface area contributed by atoms with E-state index >= 15 is 0 Å². The molecule has 0 saturated carbocycles. The van der Waals surface area contributed by atoms with Crippen LogP contribution < -0.4 is 10.5 Å². The summed E-state index contributed by atoms with van der Waals surface area (Å²) in [4.78, 5) is 9.86. The Hall–Kier alpha value is -1.71. The molecule has 2 atom stereocenters. The van der Waals surface area contributed by atoms with Gasteiger partial charge in [0, 0.05) is 30.3 Å². The third-order valence-corrected chi connectivity index (χ3v) is 5.09. The van der Waals surface area contributed by atoms with E-state index in [2.05, 4.69) is 4.72 Å². The molecule has 0 aliphatic carbocycles. The van der Waals surface area contributed by atoms with Crippen molar-refractivity contribution in [3.05, 3.63) is 28.3 Å². The van der Waals surface area contributed by atoms with Crippen molar-refractivity contribution in [2.24, 2.45) is 5.92 Å². The van der Waals surface area contributed by atoms with Crippen molar-refractivity contribution in [2.45, 2.75) is 24.3 Å². The third-order valence-electron chi connectivity index (χ3n) is 3.48. The van der Waals surface area contributed by atoms with Crippen LogP contribution in [0.5, 0.6) is 0 Å². The maximum atomic E-state index is 12.3. The predicted octanol–water partition coefficient (Wildman–Crippen LogP) is 0.880. The van der Waals surface area contributed by atoms with Gasteiger partial charge in [0.25, 0.3) is 5.69 Å². The van der Waals surface area contributed by atoms with E-state index < -0.39 is 20.6 Å². The van der Waals surface area contributed by atoms with Gasteiger partial charge in [0.1, 0.15) is 0 Å². The maximum Gasteiger partial charge on any atom is 0.291 e. The Labute approximate surface area is 122 Å². The largest absolute Gasteiger partial charge is 0.399 e. The lowest BCUT2D eigenvalue weighted by molar-refractivity contribution is -0.387. The van der Waals surface area contributed by atoms with Gasteiger partial charge in [-0.3, -0.25) is 10.1 Å². The molecular weight excluding hydrogens is 298 g/mol. The zero-order valence-electron chi connectivity index (χ0n) is 11.5. The van der Waals surface area contributed by atoms with Gasteiger partial charge in [0.05, 0.1) is 11.5 Å². The molecule has 21 heavy (non-hydrogen) atoms. The molecule has 3 N–H and O–H groups in total. The number of rotatable bonds is 5. The fourth-order valence-corrected chi connectivity index (χ4v) is 3.72. The van der Waals surface area contributed by atoms with Crippen LogP contribution in [-0.2, 0) is 14.8 Å². The van der Waals surface area contributed by atoms with E-state index in [1.54, 1.807) is 6.92 Å². The number of nitro benzene ring substituents is 1. The summed E-state index contributed by atoms with van der Waals surface area (Å²) in [5.74, 6) is 0.0626. The lowest BCUT2D eigenvalue weighted by atomic mass is 10.0. The number of hydrogen-bond acceptors (Lipinski definition) is 6. The van der Waals surface area contributed by atoms with E-state index in [1.807, 2.05) is 0 Å². The lowest BCUT2D eigenvalue weighted by Crippen LogP contribution is -2.38. The second kappa shape index (κ2) is 5.96. The molecule has 1 aromatic rings. The number of hydrogen-bond donors (Lipinski definition) is 2. The van der Waals surface area contributed by atoms with Gasteiger partial charge >= 0.3 is 0 Å². The summed E-state index contributed by atoms with van der Waals surface area (Å²) in [5.41, 5.74) is 5.08. The highest BCUT2D eigenvalue weighted by molar-refractivity contribution is 7.89.